The summed E-state index contributed by atoms with van der Waals surface area (Å²) in [4.78, 5) is 17.8. The highest BCUT2D eigenvalue weighted by atomic mass is 19.4. The third-order valence-electron chi connectivity index (χ3n) is 5.14. The van der Waals surface area contributed by atoms with E-state index in [4.69, 9.17) is 9.72 Å². The Bertz CT molecular complexity index is 1250. The van der Waals surface area contributed by atoms with Crippen molar-refractivity contribution in [1.29, 1.82) is 0 Å². The molecule has 6 heteroatoms. The van der Waals surface area contributed by atoms with Crippen molar-refractivity contribution in [3.8, 4) is 33.6 Å². The van der Waals surface area contributed by atoms with Crippen molar-refractivity contribution in [3.63, 3.8) is 0 Å². The number of halogens is 3. The summed E-state index contributed by atoms with van der Waals surface area (Å²) in [6.45, 7) is 1.85. The van der Waals surface area contributed by atoms with Crippen LogP contribution in [0.5, 0.6) is 0 Å². The maximum absolute atomic E-state index is 13.1. The van der Waals surface area contributed by atoms with Gasteiger partial charge in [0.05, 0.1) is 29.1 Å². The zero-order chi connectivity index (χ0) is 23.4. The molecule has 3 nitrogen and oxygen atoms in total. The van der Waals surface area contributed by atoms with Gasteiger partial charge in [0.25, 0.3) is 0 Å². The van der Waals surface area contributed by atoms with Crippen molar-refractivity contribution >= 4 is 5.97 Å². The summed E-state index contributed by atoms with van der Waals surface area (Å²) in [6.07, 6.45) is -4.46. The molecule has 0 radical (unpaired) electrons. The number of hydrogen-bond acceptors (Lipinski definition) is 3. The van der Waals surface area contributed by atoms with Crippen LogP contribution >= 0.6 is 0 Å². The van der Waals surface area contributed by atoms with Crippen molar-refractivity contribution in [2.24, 2.45) is 0 Å². The minimum absolute atomic E-state index is 0.153. The SMILES string of the molecule is CCOC(=O)c1c(-c2ccccc2)cc(-c2ccccc2)nc1-c1ccc(C(F)(F)F)cc1. The molecule has 33 heavy (non-hydrogen) atoms. The molecule has 0 aliphatic rings. The van der Waals surface area contributed by atoms with Crippen molar-refractivity contribution in [1.82, 2.24) is 4.98 Å². The van der Waals surface area contributed by atoms with Gasteiger partial charge in [0.2, 0.25) is 0 Å². The van der Waals surface area contributed by atoms with Crippen LogP contribution in [0, 0.1) is 0 Å². The Morgan fingerprint density at radius 2 is 1.39 bits per heavy atom. The van der Waals surface area contributed by atoms with E-state index in [9.17, 15) is 18.0 Å². The molecule has 0 N–H and O–H groups in total. The van der Waals surface area contributed by atoms with Gasteiger partial charge in [0, 0.05) is 16.7 Å². The van der Waals surface area contributed by atoms with Gasteiger partial charge in [-0.3, -0.25) is 0 Å². The van der Waals surface area contributed by atoms with Gasteiger partial charge < -0.3 is 4.74 Å². The molecule has 0 spiro atoms. The largest absolute Gasteiger partial charge is 0.462 e. The number of hydrogen-bond donors (Lipinski definition) is 0. The highest BCUT2D eigenvalue weighted by Gasteiger charge is 2.30. The van der Waals surface area contributed by atoms with Gasteiger partial charge in [-0.1, -0.05) is 72.8 Å². The highest BCUT2D eigenvalue weighted by molar-refractivity contribution is 6.04. The second-order valence-electron chi connectivity index (χ2n) is 7.31. The fraction of sp³-hybridized carbons (Fsp3) is 0.111. The van der Waals surface area contributed by atoms with Gasteiger partial charge in [-0.2, -0.15) is 13.2 Å². The topological polar surface area (TPSA) is 39.2 Å². The summed E-state index contributed by atoms with van der Waals surface area (Å²) >= 11 is 0. The van der Waals surface area contributed by atoms with Gasteiger partial charge in [-0.15, -0.1) is 0 Å². The summed E-state index contributed by atoms with van der Waals surface area (Å²) in [5.74, 6) is -0.585. The molecule has 3 aromatic carbocycles. The molecule has 166 valence electrons. The van der Waals surface area contributed by atoms with Crippen LogP contribution in [-0.2, 0) is 10.9 Å². The van der Waals surface area contributed by atoms with Crippen LogP contribution in [0.1, 0.15) is 22.8 Å². The molecular weight excluding hydrogens is 427 g/mol. The third kappa shape index (κ3) is 4.80. The van der Waals surface area contributed by atoms with Gasteiger partial charge in [0.15, 0.2) is 0 Å². The maximum Gasteiger partial charge on any atom is 0.416 e. The van der Waals surface area contributed by atoms with Crippen molar-refractivity contribution in [2.45, 2.75) is 13.1 Å². The molecule has 0 aliphatic heterocycles. The smallest absolute Gasteiger partial charge is 0.416 e. The summed E-state index contributed by atoms with van der Waals surface area (Å²) < 4.78 is 44.7. The molecule has 4 rings (SSSR count). The number of pyridine rings is 1. The third-order valence-corrected chi connectivity index (χ3v) is 5.14. The van der Waals surface area contributed by atoms with Crippen molar-refractivity contribution in [3.05, 3.63) is 102 Å². The first-order valence-corrected chi connectivity index (χ1v) is 10.4. The number of rotatable bonds is 5. The van der Waals surface area contributed by atoms with E-state index in [1.807, 2.05) is 66.7 Å². The first-order valence-electron chi connectivity index (χ1n) is 10.4. The van der Waals surface area contributed by atoms with Gasteiger partial charge >= 0.3 is 12.1 Å². The molecule has 1 heterocycles. The van der Waals surface area contributed by atoms with Gasteiger partial charge in [-0.05, 0) is 30.7 Å². The number of benzene rings is 3. The predicted octanol–water partition coefficient (Wildman–Crippen LogP) is 7.28. The first kappa shape index (κ1) is 22.3. The zero-order valence-corrected chi connectivity index (χ0v) is 17.8. The van der Waals surface area contributed by atoms with E-state index in [0.717, 1.165) is 23.3 Å². The van der Waals surface area contributed by atoms with E-state index < -0.39 is 17.7 Å². The predicted molar refractivity (Wildman–Crippen MR) is 122 cm³/mol. The molecule has 1 aromatic heterocycles. The summed E-state index contributed by atoms with van der Waals surface area (Å²) in [6, 6.07) is 25.1. The van der Waals surface area contributed by atoms with Gasteiger partial charge in [0.1, 0.15) is 0 Å². The van der Waals surface area contributed by atoms with Crippen LogP contribution in [-0.4, -0.2) is 17.6 Å². The van der Waals surface area contributed by atoms with Crippen molar-refractivity contribution in [2.75, 3.05) is 6.61 Å². The van der Waals surface area contributed by atoms with Crippen LogP contribution in [0.4, 0.5) is 13.2 Å². The summed E-state index contributed by atoms with van der Waals surface area (Å²) in [5, 5.41) is 0. The van der Waals surface area contributed by atoms with E-state index >= 15 is 0 Å². The lowest BCUT2D eigenvalue weighted by molar-refractivity contribution is -0.137. The Kier molecular flexibility index (Phi) is 6.27. The number of ether oxygens (including phenoxy) is 1. The Morgan fingerprint density at radius 3 is 1.94 bits per heavy atom. The number of aromatic nitrogens is 1. The van der Waals surface area contributed by atoms with E-state index in [1.54, 1.807) is 6.92 Å². The standard InChI is InChI=1S/C27H20F3NO2/c1-2-33-26(32)24-22(18-9-5-3-6-10-18)17-23(19-11-7-4-8-12-19)31-25(24)20-13-15-21(16-14-20)27(28,29)30/h3-17H,2H2,1H3. The van der Waals surface area contributed by atoms with E-state index in [1.165, 1.54) is 12.1 Å². The molecule has 0 unspecified atom stereocenters. The van der Waals surface area contributed by atoms with Crippen LogP contribution in [0.15, 0.2) is 91.0 Å². The first-order chi connectivity index (χ1) is 15.9. The molecule has 0 amide bonds. The van der Waals surface area contributed by atoms with Crippen LogP contribution in [0.2, 0.25) is 0 Å². The number of alkyl halides is 3. The molecule has 4 aromatic rings. The maximum atomic E-state index is 13.1. The van der Waals surface area contributed by atoms with Crippen LogP contribution < -0.4 is 0 Å². The van der Waals surface area contributed by atoms with E-state index in [-0.39, 0.29) is 17.9 Å². The second kappa shape index (κ2) is 9.28. The van der Waals surface area contributed by atoms with Crippen LogP contribution in [0.3, 0.4) is 0 Å². The van der Waals surface area contributed by atoms with E-state index in [2.05, 4.69) is 0 Å². The Balaban J connectivity index is 2.01. The normalized spacial score (nSPS) is 11.3. The Hall–Kier alpha value is -3.93. The Morgan fingerprint density at radius 1 is 0.818 bits per heavy atom. The monoisotopic (exact) mass is 447 g/mol. The quantitative estimate of drug-likeness (QED) is 0.302. The number of carbonyl (C=O) groups excluding carboxylic acids is 1. The van der Waals surface area contributed by atoms with Crippen molar-refractivity contribution < 1.29 is 22.7 Å². The molecule has 0 saturated carbocycles. The number of esters is 1. The molecule has 0 saturated heterocycles. The molecule has 0 bridgehead atoms. The lowest BCUT2D eigenvalue weighted by Gasteiger charge is -2.17. The summed E-state index contributed by atoms with van der Waals surface area (Å²) in [7, 11) is 0. The lowest BCUT2D eigenvalue weighted by atomic mass is 9.93. The fourth-order valence-electron chi connectivity index (χ4n) is 3.58. The number of nitrogens with zero attached hydrogens (tertiary/aromatic N) is 1. The zero-order valence-electron chi connectivity index (χ0n) is 17.8. The number of carbonyl (C=O) groups is 1. The minimum Gasteiger partial charge on any atom is -0.462 e. The average Bonchev–Trinajstić information content (AvgIpc) is 2.84. The lowest BCUT2D eigenvalue weighted by Crippen LogP contribution is -2.11. The second-order valence-corrected chi connectivity index (χ2v) is 7.31. The Labute approximate surface area is 189 Å². The van der Waals surface area contributed by atoms with E-state index in [0.29, 0.717) is 16.8 Å². The highest BCUT2D eigenvalue weighted by Crippen LogP contribution is 2.37. The molecule has 0 fully saturated rings. The molecule has 0 aliphatic carbocycles. The summed E-state index contributed by atoms with van der Waals surface area (Å²) in [5.41, 5.74) is 2.87. The minimum atomic E-state index is -4.46. The van der Waals surface area contributed by atoms with Gasteiger partial charge in [-0.25, -0.2) is 9.78 Å². The van der Waals surface area contributed by atoms with Crippen LogP contribution in [0.25, 0.3) is 33.6 Å². The fourth-order valence-corrected chi connectivity index (χ4v) is 3.58. The average molecular weight is 447 g/mol. The molecule has 0 atom stereocenters. The molecular formula is C27H20F3NO2.